The van der Waals surface area contributed by atoms with Crippen molar-refractivity contribution in [2.75, 3.05) is 6.26 Å². The number of thioether (sulfide) groups is 1. The second kappa shape index (κ2) is 4.09. The van der Waals surface area contributed by atoms with E-state index in [2.05, 4.69) is 47.0 Å². The van der Waals surface area contributed by atoms with Gasteiger partial charge in [0.2, 0.25) is 0 Å². The summed E-state index contributed by atoms with van der Waals surface area (Å²) >= 11 is 5.69. The highest BCUT2D eigenvalue weighted by atomic mass is 127. The molecule has 14 heavy (non-hydrogen) atoms. The molecule has 0 N–H and O–H groups in total. The van der Waals surface area contributed by atoms with Crippen LogP contribution in [0.4, 0.5) is 0 Å². The Morgan fingerprint density at radius 3 is 2.93 bits per heavy atom. The molecule has 0 amide bonds. The number of benzene rings is 1. The Morgan fingerprint density at radius 1 is 1.50 bits per heavy atom. The highest BCUT2D eigenvalue weighted by Crippen LogP contribution is 2.32. The standard InChI is InChI=1S/C10H6INS2/c1-13-10-3-9-7(2-8(10)11)6(4-12)5-14-9/h2-3,5H,1H3. The molecule has 0 aliphatic rings. The van der Waals surface area contributed by atoms with Crippen molar-refractivity contribution in [1.82, 2.24) is 0 Å². The van der Waals surface area contributed by atoms with Gasteiger partial charge < -0.3 is 0 Å². The molecule has 1 aromatic carbocycles. The summed E-state index contributed by atoms with van der Waals surface area (Å²) in [6, 6.07) is 6.47. The number of nitrogens with zero attached hydrogens (tertiary/aromatic N) is 1. The Hall–Kier alpha value is -0.250. The van der Waals surface area contributed by atoms with Crippen LogP contribution in [-0.2, 0) is 0 Å². The summed E-state index contributed by atoms with van der Waals surface area (Å²) in [6.45, 7) is 0. The van der Waals surface area contributed by atoms with E-state index in [1.54, 1.807) is 23.1 Å². The third-order valence-corrected chi connectivity index (χ3v) is 4.95. The average Bonchev–Trinajstić information content (AvgIpc) is 2.58. The maximum atomic E-state index is 8.89. The lowest BCUT2D eigenvalue weighted by molar-refractivity contribution is 1.45. The van der Waals surface area contributed by atoms with Crippen LogP contribution in [0.3, 0.4) is 0 Å². The van der Waals surface area contributed by atoms with Crippen molar-refractivity contribution in [1.29, 1.82) is 5.26 Å². The van der Waals surface area contributed by atoms with Crippen LogP contribution in [0.1, 0.15) is 5.56 Å². The minimum absolute atomic E-state index is 0.788. The number of rotatable bonds is 1. The van der Waals surface area contributed by atoms with Crippen LogP contribution in [0.25, 0.3) is 10.1 Å². The fourth-order valence-corrected chi connectivity index (χ4v) is 3.87. The van der Waals surface area contributed by atoms with Crippen molar-refractivity contribution in [2.24, 2.45) is 0 Å². The molecule has 4 heteroatoms. The minimum Gasteiger partial charge on any atom is -0.192 e. The van der Waals surface area contributed by atoms with E-state index in [9.17, 15) is 0 Å². The van der Waals surface area contributed by atoms with Gasteiger partial charge in [0.15, 0.2) is 0 Å². The van der Waals surface area contributed by atoms with Crippen molar-refractivity contribution < 1.29 is 0 Å². The first-order valence-electron chi connectivity index (χ1n) is 3.91. The molecule has 70 valence electrons. The summed E-state index contributed by atoms with van der Waals surface area (Å²) in [6.07, 6.45) is 2.07. The molecule has 2 aromatic rings. The largest absolute Gasteiger partial charge is 0.192 e. The van der Waals surface area contributed by atoms with E-state index in [4.69, 9.17) is 5.26 Å². The van der Waals surface area contributed by atoms with Crippen LogP contribution in [0.2, 0.25) is 0 Å². The summed E-state index contributed by atoms with van der Waals surface area (Å²) in [5.74, 6) is 0. The monoisotopic (exact) mass is 331 g/mol. The number of thiophene rings is 1. The van der Waals surface area contributed by atoms with Gasteiger partial charge in [0, 0.05) is 23.9 Å². The summed E-state index contributed by atoms with van der Waals surface area (Å²) in [4.78, 5) is 1.28. The molecule has 1 heterocycles. The molecule has 0 aliphatic carbocycles. The van der Waals surface area contributed by atoms with E-state index < -0.39 is 0 Å². The number of nitriles is 1. The predicted octanol–water partition coefficient (Wildman–Crippen LogP) is 4.10. The highest BCUT2D eigenvalue weighted by molar-refractivity contribution is 14.1. The Kier molecular flexibility index (Phi) is 3.00. The summed E-state index contributed by atoms with van der Waals surface area (Å²) in [5, 5.41) is 11.9. The molecule has 2 rings (SSSR count). The summed E-state index contributed by atoms with van der Waals surface area (Å²) in [5.41, 5.74) is 0.788. The van der Waals surface area contributed by atoms with Crippen LogP contribution < -0.4 is 0 Å². The van der Waals surface area contributed by atoms with Gasteiger partial charge in [-0.15, -0.1) is 23.1 Å². The highest BCUT2D eigenvalue weighted by Gasteiger charge is 2.07. The van der Waals surface area contributed by atoms with Gasteiger partial charge >= 0.3 is 0 Å². The van der Waals surface area contributed by atoms with Gasteiger partial charge in [-0.05, 0) is 41.0 Å². The minimum atomic E-state index is 0.788. The van der Waals surface area contributed by atoms with Gasteiger partial charge in [-0.25, -0.2) is 0 Å². The number of halogens is 1. The second-order valence-electron chi connectivity index (χ2n) is 2.74. The number of hydrogen-bond donors (Lipinski definition) is 0. The summed E-state index contributed by atoms with van der Waals surface area (Å²) in [7, 11) is 0. The molecule has 0 atom stereocenters. The molecule has 0 saturated carbocycles. The van der Waals surface area contributed by atoms with Crippen LogP contribution in [0, 0.1) is 14.9 Å². The molecule has 0 radical (unpaired) electrons. The van der Waals surface area contributed by atoms with Crippen molar-refractivity contribution in [3.63, 3.8) is 0 Å². The smallest absolute Gasteiger partial charge is 0.101 e. The molecule has 0 fully saturated rings. The van der Waals surface area contributed by atoms with Gasteiger partial charge in [0.25, 0.3) is 0 Å². The summed E-state index contributed by atoms with van der Waals surface area (Å²) < 4.78 is 2.42. The third-order valence-electron chi connectivity index (χ3n) is 1.97. The predicted molar refractivity (Wildman–Crippen MR) is 71.0 cm³/mol. The van der Waals surface area contributed by atoms with Crippen molar-refractivity contribution in [3.05, 3.63) is 26.6 Å². The zero-order valence-corrected chi connectivity index (χ0v) is 11.2. The van der Waals surface area contributed by atoms with Crippen molar-refractivity contribution in [2.45, 2.75) is 4.90 Å². The van der Waals surface area contributed by atoms with E-state index >= 15 is 0 Å². The van der Waals surface area contributed by atoms with E-state index in [1.807, 2.05) is 5.38 Å². The fourth-order valence-electron chi connectivity index (χ4n) is 1.27. The van der Waals surface area contributed by atoms with Gasteiger partial charge in [0.1, 0.15) is 6.07 Å². The zero-order valence-electron chi connectivity index (χ0n) is 7.37. The topological polar surface area (TPSA) is 23.8 Å². The average molecular weight is 331 g/mol. The molecule has 1 nitrogen and oxygen atoms in total. The lowest BCUT2D eigenvalue weighted by Crippen LogP contribution is -1.78. The molecule has 0 aliphatic heterocycles. The van der Waals surface area contributed by atoms with Crippen LogP contribution >= 0.6 is 45.7 Å². The molecular formula is C10H6INS2. The van der Waals surface area contributed by atoms with Crippen LogP contribution in [-0.4, -0.2) is 6.26 Å². The Morgan fingerprint density at radius 2 is 2.29 bits per heavy atom. The van der Waals surface area contributed by atoms with E-state index in [1.165, 1.54) is 13.2 Å². The molecule has 1 aromatic heterocycles. The first kappa shape index (κ1) is 10.3. The SMILES string of the molecule is CSc1cc2scc(C#N)c2cc1I. The molecular weight excluding hydrogens is 325 g/mol. The van der Waals surface area contributed by atoms with E-state index in [0.717, 1.165) is 10.9 Å². The van der Waals surface area contributed by atoms with Crippen molar-refractivity contribution in [3.8, 4) is 6.07 Å². The Labute approximate surface area is 104 Å². The first-order chi connectivity index (χ1) is 6.76. The normalized spacial score (nSPS) is 10.4. The number of hydrogen-bond acceptors (Lipinski definition) is 3. The van der Waals surface area contributed by atoms with E-state index in [-0.39, 0.29) is 0 Å². The second-order valence-corrected chi connectivity index (χ2v) is 5.67. The quantitative estimate of drug-likeness (QED) is 0.580. The molecule has 0 saturated heterocycles. The van der Waals surface area contributed by atoms with Gasteiger partial charge in [0.05, 0.1) is 5.56 Å². The Balaban J connectivity index is 2.77. The van der Waals surface area contributed by atoms with Gasteiger partial charge in [-0.1, -0.05) is 0 Å². The van der Waals surface area contributed by atoms with Crippen molar-refractivity contribution >= 4 is 55.8 Å². The molecule has 0 bridgehead atoms. The lowest BCUT2D eigenvalue weighted by atomic mass is 10.2. The lowest BCUT2D eigenvalue weighted by Gasteiger charge is -2.00. The van der Waals surface area contributed by atoms with E-state index in [0.29, 0.717) is 0 Å². The number of fused-ring (bicyclic) bond motifs is 1. The van der Waals surface area contributed by atoms with Gasteiger partial charge in [-0.3, -0.25) is 0 Å². The maximum absolute atomic E-state index is 8.89. The molecule has 0 unspecified atom stereocenters. The maximum Gasteiger partial charge on any atom is 0.101 e. The first-order valence-corrected chi connectivity index (χ1v) is 7.09. The third kappa shape index (κ3) is 1.64. The molecule has 0 spiro atoms. The Bertz CT molecular complexity index is 525. The zero-order chi connectivity index (χ0) is 10.1. The van der Waals surface area contributed by atoms with Crippen LogP contribution in [0.15, 0.2) is 22.4 Å². The fraction of sp³-hybridized carbons (Fsp3) is 0.100. The van der Waals surface area contributed by atoms with Gasteiger partial charge in [-0.2, -0.15) is 5.26 Å². The van der Waals surface area contributed by atoms with Crippen LogP contribution in [0.5, 0.6) is 0 Å².